The Labute approximate surface area is 276 Å². The van der Waals surface area contributed by atoms with E-state index in [0.717, 1.165) is 55.6 Å². The number of ether oxygens (including phenoxy) is 1. The van der Waals surface area contributed by atoms with Crippen LogP contribution in [0.4, 0.5) is 0 Å². The van der Waals surface area contributed by atoms with Crippen molar-refractivity contribution in [2.24, 2.45) is 11.7 Å². The monoisotopic (exact) mass is 649 g/mol. The fourth-order valence-electron chi connectivity index (χ4n) is 5.71. The van der Waals surface area contributed by atoms with Gasteiger partial charge in [-0.15, -0.1) is 24.8 Å². The average molecular weight is 651 g/mol. The van der Waals surface area contributed by atoms with Crippen LogP contribution in [0.15, 0.2) is 78.6 Å². The van der Waals surface area contributed by atoms with Gasteiger partial charge in [0, 0.05) is 23.2 Å². The number of carbonyl (C=O) groups is 1. The Morgan fingerprint density at radius 3 is 2.38 bits per heavy atom. The Balaban J connectivity index is 0.00000276. The van der Waals surface area contributed by atoms with Crippen LogP contribution >= 0.6 is 24.8 Å². The lowest BCUT2D eigenvalue weighted by Gasteiger charge is -2.21. The quantitative estimate of drug-likeness (QED) is 0.0478. The maximum absolute atomic E-state index is 13.0. The van der Waals surface area contributed by atoms with Crippen LogP contribution in [0, 0.1) is 11.3 Å². The number of rotatable bonds is 13. The minimum Gasteiger partial charge on any atom is -0.485 e. The van der Waals surface area contributed by atoms with Gasteiger partial charge in [-0.2, -0.15) is 0 Å². The van der Waals surface area contributed by atoms with Gasteiger partial charge in [-0.25, -0.2) is 9.78 Å². The first-order chi connectivity index (χ1) is 21.0. The predicted molar refractivity (Wildman–Crippen MR) is 184 cm³/mol. The second-order valence-electron chi connectivity index (χ2n) is 11.2. The van der Waals surface area contributed by atoms with E-state index in [2.05, 4.69) is 34.1 Å². The second kappa shape index (κ2) is 17.4. The summed E-state index contributed by atoms with van der Waals surface area (Å²) in [5, 5.41) is 10.5. The molecule has 10 heteroatoms. The number of hydrogen-bond donors (Lipinski definition) is 3. The molecule has 0 saturated heterocycles. The number of aryl methyl sites for hydroxylation is 2. The third-order valence-corrected chi connectivity index (χ3v) is 8.15. The SMILES string of the molecule is Cl.Cl.N=C(N)c1ccc(-c2nc3cc(C(=O)NCC(=C=O)OCC4CCCCC4)ccc3n2CCCCc2ccccc2)cc1. The summed E-state index contributed by atoms with van der Waals surface area (Å²) in [4.78, 5) is 29.4. The molecule has 4 aromatic rings. The molecule has 1 aromatic heterocycles. The number of aromatic nitrogens is 2. The van der Waals surface area contributed by atoms with Gasteiger partial charge in [0.15, 0.2) is 11.7 Å². The summed E-state index contributed by atoms with van der Waals surface area (Å²) in [6.07, 6.45) is 8.87. The van der Waals surface area contributed by atoms with Gasteiger partial charge in [0.2, 0.25) is 0 Å². The maximum atomic E-state index is 13.0. The number of amides is 1. The molecule has 8 nitrogen and oxygen atoms in total. The molecule has 0 aliphatic heterocycles. The van der Waals surface area contributed by atoms with Crippen molar-refractivity contribution in [2.45, 2.75) is 57.9 Å². The highest BCUT2D eigenvalue weighted by Gasteiger charge is 2.17. The molecule has 5 rings (SSSR count). The highest BCUT2D eigenvalue weighted by atomic mass is 35.5. The van der Waals surface area contributed by atoms with Crippen molar-refractivity contribution in [1.29, 1.82) is 5.41 Å². The molecular weight excluding hydrogens is 609 g/mol. The third kappa shape index (κ3) is 9.44. The molecule has 3 aromatic carbocycles. The van der Waals surface area contributed by atoms with E-state index in [-0.39, 0.29) is 48.9 Å². The van der Waals surface area contributed by atoms with Crippen molar-refractivity contribution in [3.8, 4) is 11.4 Å². The molecular formula is C35H41Cl2N5O3. The number of nitrogens with zero attached hydrogens (tertiary/aromatic N) is 2. The Kier molecular flexibility index (Phi) is 13.7. The normalized spacial score (nSPS) is 12.8. The first-order valence-corrected chi connectivity index (χ1v) is 15.2. The van der Waals surface area contributed by atoms with Gasteiger partial charge in [0.05, 0.1) is 24.2 Å². The zero-order valence-corrected chi connectivity index (χ0v) is 26.9. The smallest absolute Gasteiger partial charge is 0.251 e. The molecule has 45 heavy (non-hydrogen) atoms. The van der Waals surface area contributed by atoms with Crippen molar-refractivity contribution in [3.63, 3.8) is 0 Å². The lowest BCUT2D eigenvalue weighted by atomic mass is 9.90. The molecule has 0 bridgehead atoms. The summed E-state index contributed by atoms with van der Waals surface area (Å²) < 4.78 is 7.89. The molecule has 1 aliphatic rings. The summed E-state index contributed by atoms with van der Waals surface area (Å²) in [6, 6.07) is 23.5. The van der Waals surface area contributed by atoms with E-state index in [1.54, 1.807) is 12.1 Å². The fourth-order valence-corrected chi connectivity index (χ4v) is 5.71. The minimum atomic E-state index is -0.305. The molecule has 1 fully saturated rings. The topological polar surface area (TPSA) is 123 Å². The third-order valence-electron chi connectivity index (χ3n) is 8.15. The van der Waals surface area contributed by atoms with Crippen LogP contribution in [-0.4, -0.2) is 40.4 Å². The molecule has 0 unspecified atom stereocenters. The van der Waals surface area contributed by atoms with Crippen LogP contribution in [0.25, 0.3) is 22.4 Å². The summed E-state index contributed by atoms with van der Waals surface area (Å²) in [6.45, 7) is 1.26. The maximum Gasteiger partial charge on any atom is 0.251 e. The summed E-state index contributed by atoms with van der Waals surface area (Å²) >= 11 is 0. The van der Waals surface area contributed by atoms with Gasteiger partial charge in [-0.05, 0) is 61.8 Å². The molecule has 1 saturated carbocycles. The Bertz CT molecular complexity index is 1610. The number of imidazole rings is 1. The molecule has 238 valence electrons. The molecule has 4 N–H and O–H groups in total. The fraction of sp³-hybridized carbons (Fsp3) is 0.343. The van der Waals surface area contributed by atoms with E-state index in [0.29, 0.717) is 29.2 Å². The zero-order chi connectivity index (χ0) is 30.0. The number of hydrogen-bond acceptors (Lipinski definition) is 5. The number of amidine groups is 1. The molecule has 0 spiro atoms. The number of fused-ring (bicyclic) bond motifs is 1. The van der Waals surface area contributed by atoms with Crippen LogP contribution < -0.4 is 11.1 Å². The minimum absolute atomic E-state index is 0. The molecule has 1 aliphatic carbocycles. The van der Waals surface area contributed by atoms with Crippen LogP contribution in [0.1, 0.15) is 66.4 Å². The van der Waals surface area contributed by atoms with E-state index in [9.17, 15) is 9.59 Å². The van der Waals surface area contributed by atoms with Gasteiger partial charge in [-0.3, -0.25) is 10.2 Å². The van der Waals surface area contributed by atoms with Crippen LogP contribution in [-0.2, 0) is 22.5 Å². The van der Waals surface area contributed by atoms with Gasteiger partial charge in [0.25, 0.3) is 5.91 Å². The van der Waals surface area contributed by atoms with Crippen LogP contribution in [0.2, 0.25) is 0 Å². The molecule has 0 atom stereocenters. The number of nitrogens with one attached hydrogen (secondary N) is 2. The number of carbonyl (C=O) groups excluding carboxylic acids is 2. The highest BCUT2D eigenvalue weighted by Crippen LogP contribution is 2.27. The first-order valence-electron chi connectivity index (χ1n) is 15.2. The number of unbranched alkanes of at least 4 members (excludes halogenated alkanes) is 1. The lowest BCUT2D eigenvalue weighted by Crippen LogP contribution is -2.27. The van der Waals surface area contributed by atoms with E-state index >= 15 is 0 Å². The number of halogens is 2. The first kappa shape index (κ1) is 35.4. The number of benzene rings is 3. The van der Waals surface area contributed by atoms with E-state index in [1.165, 1.54) is 24.8 Å². The predicted octanol–water partition coefficient (Wildman–Crippen LogP) is 6.90. The van der Waals surface area contributed by atoms with Crippen LogP contribution in [0.5, 0.6) is 0 Å². The molecule has 0 radical (unpaired) electrons. The Morgan fingerprint density at radius 2 is 1.69 bits per heavy atom. The van der Waals surface area contributed by atoms with Crippen molar-refractivity contribution < 1.29 is 14.3 Å². The van der Waals surface area contributed by atoms with Crippen molar-refractivity contribution in [3.05, 3.63) is 95.2 Å². The summed E-state index contributed by atoms with van der Waals surface area (Å²) in [5.74, 6) is 2.93. The van der Waals surface area contributed by atoms with Crippen LogP contribution in [0.3, 0.4) is 0 Å². The van der Waals surface area contributed by atoms with Gasteiger partial charge in [-0.1, -0.05) is 73.9 Å². The zero-order valence-electron chi connectivity index (χ0n) is 25.3. The largest absolute Gasteiger partial charge is 0.485 e. The average Bonchev–Trinajstić information content (AvgIpc) is 3.41. The van der Waals surface area contributed by atoms with Gasteiger partial charge < -0.3 is 20.4 Å². The van der Waals surface area contributed by atoms with Gasteiger partial charge in [0.1, 0.15) is 11.7 Å². The standard InChI is InChI=1S/C35H39N5O3.2ClH/c36-33(37)27-14-16-28(17-15-27)34-39-31-21-29(35(42)38-22-30(23-41)43-24-26-12-5-2-6-13-26)18-19-32(31)40(34)20-8-7-11-25-9-3-1-4-10-25;;/h1,3-4,9-10,14-19,21,26H,2,5-8,11-13,20,22,24H2,(H3,36,37)(H,38,42);2*1H. The Morgan fingerprint density at radius 1 is 0.978 bits per heavy atom. The number of nitrogen functional groups attached to an aromatic ring is 1. The highest BCUT2D eigenvalue weighted by molar-refractivity contribution is 5.98. The van der Waals surface area contributed by atoms with Crippen molar-refractivity contribution >= 4 is 53.5 Å². The van der Waals surface area contributed by atoms with E-state index in [4.69, 9.17) is 20.9 Å². The Hall–Kier alpha value is -4.10. The number of nitrogens with two attached hydrogens (primary N) is 1. The molecule has 1 amide bonds. The summed E-state index contributed by atoms with van der Waals surface area (Å²) in [7, 11) is 0. The van der Waals surface area contributed by atoms with E-state index in [1.807, 2.05) is 42.3 Å². The second-order valence-corrected chi connectivity index (χ2v) is 11.2. The molecule has 1 heterocycles. The lowest BCUT2D eigenvalue weighted by molar-refractivity contribution is 0.0938. The van der Waals surface area contributed by atoms with E-state index < -0.39 is 0 Å². The summed E-state index contributed by atoms with van der Waals surface area (Å²) in [5.41, 5.74) is 10.6. The van der Waals surface area contributed by atoms with Gasteiger partial charge >= 0.3 is 0 Å². The van der Waals surface area contributed by atoms with Crippen molar-refractivity contribution in [2.75, 3.05) is 13.2 Å². The van der Waals surface area contributed by atoms with Crippen molar-refractivity contribution in [1.82, 2.24) is 14.9 Å².